The van der Waals surface area contributed by atoms with Crippen LogP contribution >= 0.6 is 0 Å². The van der Waals surface area contributed by atoms with Crippen molar-refractivity contribution in [3.05, 3.63) is 0 Å². The molecule has 0 unspecified atom stereocenters. The Labute approximate surface area is 41.1 Å². The van der Waals surface area contributed by atoms with Crippen LogP contribution in [0.5, 0.6) is 0 Å². The van der Waals surface area contributed by atoms with Crippen LogP contribution in [0.3, 0.4) is 0 Å². The minimum absolute atomic E-state index is 1.02. The van der Waals surface area contributed by atoms with Crippen LogP contribution in [0, 0.1) is 0 Å². The molecular formula is C2H4F2O2S. The zero-order valence-electron chi connectivity index (χ0n) is 3.30. The van der Waals surface area contributed by atoms with Crippen LogP contribution < -0.4 is 0 Å². The average Bonchev–Trinajstić information content (AvgIpc) is 1.27. The van der Waals surface area contributed by atoms with Crippen LogP contribution in [0.2, 0.25) is 0 Å². The summed E-state index contributed by atoms with van der Waals surface area (Å²) in [7, 11) is -2.89. The van der Waals surface area contributed by atoms with Gasteiger partial charge in [0.1, 0.15) is 16.5 Å². The molecule has 0 aliphatic rings. The Morgan fingerprint density at radius 3 is 1.86 bits per heavy atom. The lowest BCUT2D eigenvalue weighted by molar-refractivity contribution is 0.175. The molecule has 0 aromatic heterocycles. The van der Waals surface area contributed by atoms with Gasteiger partial charge in [-0.15, -0.1) is 0 Å². The number of alkyl halides is 2. The third-order valence-electron chi connectivity index (χ3n) is 0.287. The molecule has 2 nitrogen and oxygen atoms in total. The third-order valence-corrected chi connectivity index (χ3v) is 0.861. The van der Waals surface area contributed by atoms with Gasteiger partial charge in [0.15, 0.2) is 0 Å². The summed E-state index contributed by atoms with van der Waals surface area (Å²) in [5.41, 5.74) is 0. The van der Waals surface area contributed by atoms with Crippen molar-refractivity contribution < 1.29 is 17.2 Å². The van der Waals surface area contributed by atoms with Crippen LogP contribution in [0.25, 0.3) is 0 Å². The Hall–Kier alpha value is -0.190. The fourth-order valence-electron chi connectivity index (χ4n) is 0.113. The van der Waals surface area contributed by atoms with Gasteiger partial charge in [-0.2, -0.15) is 0 Å². The smallest absolute Gasteiger partial charge is 0.232 e. The monoisotopic (exact) mass is 130 g/mol. The lowest BCUT2D eigenvalue weighted by atomic mass is 10.9. The number of rotatable bonds is 2. The minimum atomic E-state index is -2.89. The van der Waals surface area contributed by atoms with Crippen LogP contribution in [0.4, 0.5) is 8.78 Å². The topological polar surface area (TPSA) is 34.1 Å². The standard InChI is InChI=1S/C2H4F2O2S/c3-2(4)1-7(5)6/h2,7H,1H2. The molecular weight excluding hydrogens is 126 g/mol. The predicted molar refractivity (Wildman–Crippen MR) is 21.2 cm³/mol. The first-order valence-electron chi connectivity index (χ1n) is 1.53. The van der Waals surface area contributed by atoms with Gasteiger partial charge in [-0.1, -0.05) is 0 Å². The summed E-state index contributed by atoms with van der Waals surface area (Å²) in [6.45, 7) is 0. The molecule has 0 aromatic rings. The maximum atomic E-state index is 10.9. The van der Waals surface area contributed by atoms with Gasteiger partial charge >= 0.3 is 0 Å². The van der Waals surface area contributed by atoms with E-state index in [4.69, 9.17) is 0 Å². The molecule has 5 heteroatoms. The first kappa shape index (κ1) is 6.81. The van der Waals surface area contributed by atoms with Crippen LogP contribution in [-0.2, 0) is 10.7 Å². The highest BCUT2D eigenvalue weighted by Gasteiger charge is 2.00. The molecule has 0 saturated carbocycles. The van der Waals surface area contributed by atoms with E-state index in [0.717, 1.165) is 0 Å². The fourth-order valence-corrected chi connectivity index (χ4v) is 0.338. The molecule has 0 saturated heterocycles. The molecule has 0 fully saturated rings. The normalized spacial score (nSPS) is 10.9. The van der Waals surface area contributed by atoms with Gasteiger partial charge < -0.3 is 0 Å². The van der Waals surface area contributed by atoms with E-state index in [-0.39, 0.29) is 0 Å². The summed E-state index contributed by atoms with van der Waals surface area (Å²) in [5.74, 6) is -1.02. The van der Waals surface area contributed by atoms with E-state index >= 15 is 0 Å². The molecule has 0 aliphatic heterocycles. The average molecular weight is 130 g/mol. The molecule has 0 bridgehead atoms. The lowest BCUT2D eigenvalue weighted by Crippen LogP contribution is -1.98. The summed E-state index contributed by atoms with van der Waals surface area (Å²) >= 11 is 0. The van der Waals surface area contributed by atoms with Crippen molar-refractivity contribution in [3.63, 3.8) is 0 Å². The SMILES string of the molecule is O=[SH](=O)CC(F)F. The third kappa shape index (κ3) is 5.81. The molecule has 0 heterocycles. The van der Waals surface area contributed by atoms with Gasteiger partial charge in [0, 0.05) is 0 Å². The van der Waals surface area contributed by atoms with E-state index < -0.39 is 22.9 Å². The first-order chi connectivity index (χ1) is 3.13. The zero-order chi connectivity index (χ0) is 5.86. The zero-order valence-corrected chi connectivity index (χ0v) is 4.20. The van der Waals surface area contributed by atoms with E-state index in [1.54, 1.807) is 0 Å². The molecule has 0 N–H and O–H groups in total. The van der Waals surface area contributed by atoms with Crippen molar-refractivity contribution in [1.82, 2.24) is 0 Å². The van der Waals surface area contributed by atoms with Crippen molar-refractivity contribution >= 4 is 10.7 Å². The Kier molecular flexibility index (Phi) is 2.82. The maximum absolute atomic E-state index is 10.9. The Balaban J connectivity index is 3.32. The highest BCUT2D eigenvalue weighted by molar-refractivity contribution is 7.72. The molecule has 0 atom stereocenters. The molecule has 0 spiro atoms. The summed E-state index contributed by atoms with van der Waals surface area (Å²) in [4.78, 5) is 0. The van der Waals surface area contributed by atoms with Gasteiger partial charge in [0.2, 0.25) is 0 Å². The van der Waals surface area contributed by atoms with Crippen molar-refractivity contribution in [2.75, 3.05) is 5.75 Å². The van der Waals surface area contributed by atoms with E-state index in [0.29, 0.717) is 0 Å². The summed E-state index contributed by atoms with van der Waals surface area (Å²) in [5, 5.41) is 0. The molecule has 44 valence electrons. The second-order valence-corrected chi connectivity index (χ2v) is 1.94. The van der Waals surface area contributed by atoms with Crippen LogP contribution in [-0.4, -0.2) is 20.6 Å². The second-order valence-electron chi connectivity index (χ2n) is 0.906. The van der Waals surface area contributed by atoms with Crippen LogP contribution in [0.15, 0.2) is 0 Å². The van der Waals surface area contributed by atoms with Gasteiger partial charge in [-0.25, -0.2) is 17.2 Å². The molecule has 0 radical (unpaired) electrons. The van der Waals surface area contributed by atoms with Crippen molar-refractivity contribution in [2.45, 2.75) is 6.43 Å². The van der Waals surface area contributed by atoms with Gasteiger partial charge in [0.25, 0.3) is 6.43 Å². The molecule has 0 rings (SSSR count). The van der Waals surface area contributed by atoms with E-state index in [2.05, 4.69) is 0 Å². The largest absolute Gasteiger partial charge is 0.252 e. The van der Waals surface area contributed by atoms with E-state index in [9.17, 15) is 17.2 Å². The molecule has 0 aliphatic carbocycles. The number of halogens is 2. The number of hydrogen-bond acceptors (Lipinski definition) is 2. The lowest BCUT2D eigenvalue weighted by Gasteiger charge is -1.82. The van der Waals surface area contributed by atoms with E-state index in [1.807, 2.05) is 0 Å². The van der Waals surface area contributed by atoms with Crippen molar-refractivity contribution in [2.24, 2.45) is 0 Å². The van der Waals surface area contributed by atoms with E-state index in [1.165, 1.54) is 0 Å². The van der Waals surface area contributed by atoms with Gasteiger partial charge in [-0.3, -0.25) is 0 Å². The molecule has 7 heavy (non-hydrogen) atoms. The maximum Gasteiger partial charge on any atom is 0.252 e. The summed E-state index contributed by atoms with van der Waals surface area (Å²) in [6, 6.07) is 0. The Morgan fingerprint density at radius 2 is 1.86 bits per heavy atom. The van der Waals surface area contributed by atoms with Gasteiger partial charge in [-0.05, 0) is 0 Å². The fraction of sp³-hybridized carbons (Fsp3) is 1.00. The highest BCUT2D eigenvalue weighted by atomic mass is 32.2. The predicted octanol–water partition coefficient (Wildman–Crippen LogP) is -0.137. The highest BCUT2D eigenvalue weighted by Crippen LogP contribution is 1.89. The minimum Gasteiger partial charge on any atom is -0.232 e. The number of thiol groups is 1. The van der Waals surface area contributed by atoms with Gasteiger partial charge in [0.05, 0.1) is 0 Å². The molecule has 0 amide bonds. The Bertz CT molecular complexity index is 100. The van der Waals surface area contributed by atoms with Crippen LogP contribution in [0.1, 0.15) is 0 Å². The second kappa shape index (κ2) is 2.90. The Morgan fingerprint density at radius 1 is 1.43 bits per heavy atom. The summed E-state index contributed by atoms with van der Waals surface area (Å²) < 4.78 is 40.5. The summed E-state index contributed by atoms with van der Waals surface area (Å²) in [6.07, 6.45) is -2.72. The van der Waals surface area contributed by atoms with Crippen molar-refractivity contribution in [3.8, 4) is 0 Å². The first-order valence-corrected chi connectivity index (χ1v) is 2.89. The quantitative estimate of drug-likeness (QED) is 0.528. The van der Waals surface area contributed by atoms with Crippen molar-refractivity contribution in [1.29, 1.82) is 0 Å². The molecule has 0 aromatic carbocycles. The number of hydrogen-bond donors (Lipinski definition) is 1.